The number of carbonyl (C=O) groups is 1. The highest BCUT2D eigenvalue weighted by Crippen LogP contribution is 2.23. The molecule has 1 atom stereocenters. The van der Waals surface area contributed by atoms with Crippen LogP contribution in [0.1, 0.15) is 28.6 Å². The number of hydrogen-bond acceptors (Lipinski definition) is 5. The fourth-order valence-electron chi connectivity index (χ4n) is 2.56. The Labute approximate surface area is 156 Å². The van der Waals surface area contributed by atoms with Crippen LogP contribution in [0, 0.1) is 0 Å². The van der Waals surface area contributed by atoms with Crippen molar-refractivity contribution in [3.8, 4) is 0 Å². The van der Waals surface area contributed by atoms with Gasteiger partial charge in [-0.3, -0.25) is 10.2 Å². The number of aromatic nitrogens is 3. The number of benzene rings is 1. The maximum atomic E-state index is 12.2. The van der Waals surface area contributed by atoms with E-state index in [4.69, 9.17) is 11.6 Å². The molecule has 1 aliphatic rings. The van der Waals surface area contributed by atoms with Crippen LogP contribution in [0.4, 0.5) is 0 Å². The molecule has 9 heteroatoms. The zero-order valence-electron chi connectivity index (χ0n) is 12.8. The first kappa shape index (κ1) is 16.0. The molecule has 3 N–H and O–H groups in total. The van der Waals surface area contributed by atoms with Crippen molar-refractivity contribution in [2.75, 3.05) is 0 Å². The van der Waals surface area contributed by atoms with Crippen LogP contribution in [-0.2, 0) is 0 Å². The summed E-state index contributed by atoms with van der Waals surface area (Å²) < 4.78 is 0.982. The quantitative estimate of drug-likeness (QED) is 0.556. The van der Waals surface area contributed by atoms with E-state index in [1.165, 1.54) is 6.20 Å². The Balaban J connectivity index is 1.44. The number of nitrogens with zero attached hydrogens (tertiary/aromatic N) is 3. The molecule has 1 aromatic carbocycles. The minimum atomic E-state index is -0.279. The Kier molecular flexibility index (Phi) is 4.14. The number of fused-ring (bicyclic) bond motifs is 1. The molecule has 1 amide bonds. The van der Waals surface area contributed by atoms with Gasteiger partial charge in [-0.05, 0) is 30.3 Å². The molecule has 3 aromatic rings. The number of amidine groups is 1. The highest BCUT2D eigenvalue weighted by molar-refractivity contribution is 9.10. The summed E-state index contributed by atoms with van der Waals surface area (Å²) in [5.41, 5.74) is 5.24. The first-order valence-electron chi connectivity index (χ1n) is 7.48. The third-order valence-corrected chi connectivity index (χ3v) is 4.51. The fourth-order valence-corrected chi connectivity index (χ4v) is 3.03. The van der Waals surface area contributed by atoms with E-state index in [0.29, 0.717) is 23.0 Å². The van der Waals surface area contributed by atoms with Crippen molar-refractivity contribution >= 4 is 50.3 Å². The van der Waals surface area contributed by atoms with Crippen LogP contribution in [0.3, 0.4) is 0 Å². The summed E-state index contributed by atoms with van der Waals surface area (Å²) in [4.78, 5) is 23.9. The van der Waals surface area contributed by atoms with Gasteiger partial charge in [0.25, 0.3) is 5.91 Å². The summed E-state index contributed by atoms with van der Waals surface area (Å²) in [6, 6.07) is 8.91. The third-order valence-electron chi connectivity index (χ3n) is 3.79. The minimum Gasteiger partial charge on any atom is -0.340 e. The van der Waals surface area contributed by atoms with E-state index in [2.05, 4.69) is 46.7 Å². The number of imidazole rings is 1. The Morgan fingerprint density at radius 1 is 1.32 bits per heavy atom. The molecule has 7 nitrogen and oxygen atoms in total. The summed E-state index contributed by atoms with van der Waals surface area (Å²) >= 11 is 9.17. The second kappa shape index (κ2) is 6.45. The summed E-state index contributed by atoms with van der Waals surface area (Å²) in [5, 5.41) is 7.30. The lowest BCUT2D eigenvalue weighted by Crippen LogP contribution is -2.29. The second-order valence-corrected chi connectivity index (χ2v) is 6.85. The van der Waals surface area contributed by atoms with Gasteiger partial charge in [0.05, 0.1) is 16.6 Å². The average molecular weight is 420 g/mol. The number of H-pyrrole nitrogens is 1. The Bertz CT molecular complexity index is 984. The predicted octanol–water partition coefficient (Wildman–Crippen LogP) is 3.15. The van der Waals surface area contributed by atoms with Crippen molar-refractivity contribution in [2.45, 2.75) is 12.5 Å². The smallest absolute Gasteiger partial charge is 0.258 e. The van der Waals surface area contributed by atoms with Gasteiger partial charge in [-0.2, -0.15) is 5.10 Å². The molecule has 0 bridgehead atoms. The zero-order valence-corrected chi connectivity index (χ0v) is 15.1. The van der Waals surface area contributed by atoms with Crippen molar-refractivity contribution in [2.24, 2.45) is 5.10 Å². The van der Waals surface area contributed by atoms with Gasteiger partial charge < -0.3 is 10.3 Å². The Morgan fingerprint density at radius 2 is 2.20 bits per heavy atom. The van der Waals surface area contributed by atoms with Crippen LogP contribution in [0.25, 0.3) is 11.0 Å². The third kappa shape index (κ3) is 3.35. The van der Waals surface area contributed by atoms with Gasteiger partial charge in [-0.25, -0.2) is 9.97 Å². The fraction of sp³-hybridized carbons (Fsp3) is 0.125. The van der Waals surface area contributed by atoms with Gasteiger partial charge in [0.2, 0.25) is 0 Å². The Hall–Kier alpha value is -2.45. The lowest BCUT2D eigenvalue weighted by Gasteiger charge is -2.06. The number of aromatic amines is 1. The van der Waals surface area contributed by atoms with Crippen molar-refractivity contribution in [3.05, 3.63) is 57.5 Å². The number of halogens is 2. The van der Waals surface area contributed by atoms with Crippen molar-refractivity contribution < 1.29 is 4.79 Å². The monoisotopic (exact) mass is 418 g/mol. The lowest BCUT2D eigenvalue weighted by molar-refractivity contribution is 0.0976. The van der Waals surface area contributed by atoms with Gasteiger partial charge in [0.15, 0.2) is 0 Å². The van der Waals surface area contributed by atoms with E-state index >= 15 is 0 Å². The van der Waals surface area contributed by atoms with E-state index in [-0.39, 0.29) is 11.9 Å². The van der Waals surface area contributed by atoms with Crippen LogP contribution >= 0.6 is 27.5 Å². The van der Waals surface area contributed by atoms with Crippen molar-refractivity contribution in [1.82, 2.24) is 25.7 Å². The molecule has 2 aromatic heterocycles. The molecule has 0 saturated heterocycles. The predicted molar refractivity (Wildman–Crippen MR) is 98.4 cm³/mol. The number of pyridine rings is 1. The highest BCUT2D eigenvalue weighted by atomic mass is 79.9. The number of carbonyl (C=O) groups excluding carboxylic acids is 1. The van der Waals surface area contributed by atoms with E-state index in [0.717, 1.165) is 21.3 Å². The van der Waals surface area contributed by atoms with E-state index in [9.17, 15) is 4.79 Å². The van der Waals surface area contributed by atoms with Gasteiger partial charge in [-0.1, -0.05) is 27.5 Å². The number of rotatable bonds is 2. The Morgan fingerprint density at radius 3 is 3.00 bits per heavy atom. The number of hydrogen-bond donors (Lipinski definition) is 3. The van der Waals surface area contributed by atoms with E-state index < -0.39 is 0 Å². The molecule has 25 heavy (non-hydrogen) atoms. The molecule has 0 fully saturated rings. The number of hydrazone groups is 1. The number of amides is 1. The van der Waals surface area contributed by atoms with Gasteiger partial charge in [0.1, 0.15) is 22.9 Å². The van der Waals surface area contributed by atoms with E-state index in [1.54, 1.807) is 12.1 Å². The zero-order chi connectivity index (χ0) is 17.4. The van der Waals surface area contributed by atoms with Gasteiger partial charge in [-0.15, -0.1) is 0 Å². The topological polar surface area (TPSA) is 95.1 Å². The first-order chi connectivity index (χ1) is 12.1. The molecule has 0 spiro atoms. The van der Waals surface area contributed by atoms with E-state index in [1.807, 2.05) is 18.2 Å². The number of nitrogens with one attached hydrogen (secondary N) is 3. The molecule has 0 radical (unpaired) electrons. The standard InChI is InChI=1S/C16H12BrClN6O/c17-9-2-3-10-11(5-9)21-15(20-10)12-6-14(24-23-12)22-16(25)8-1-4-13(18)19-7-8/h1-5,7,12,23H,6H2,(H,20,21)(H,22,24,25). The van der Waals surface area contributed by atoms with Gasteiger partial charge >= 0.3 is 0 Å². The molecule has 126 valence electrons. The van der Waals surface area contributed by atoms with Crippen LogP contribution in [-0.4, -0.2) is 26.7 Å². The van der Waals surface area contributed by atoms with Crippen LogP contribution in [0.5, 0.6) is 0 Å². The molecule has 0 aliphatic carbocycles. The van der Waals surface area contributed by atoms with Gasteiger partial charge in [0, 0.05) is 17.1 Å². The maximum Gasteiger partial charge on any atom is 0.258 e. The van der Waals surface area contributed by atoms with Crippen LogP contribution in [0.2, 0.25) is 5.15 Å². The first-order valence-corrected chi connectivity index (χ1v) is 8.66. The summed E-state index contributed by atoms with van der Waals surface area (Å²) in [6.45, 7) is 0. The average Bonchev–Trinajstić information content (AvgIpc) is 3.21. The molecule has 4 rings (SSSR count). The summed E-state index contributed by atoms with van der Waals surface area (Å²) in [7, 11) is 0. The summed E-state index contributed by atoms with van der Waals surface area (Å²) in [5.74, 6) is 1.04. The molecular formula is C16H12BrClN6O. The SMILES string of the molecule is O=C(NC1=NNC(c2nc3ccc(Br)cc3[nH]2)C1)c1ccc(Cl)nc1. The maximum absolute atomic E-state index is 12.2. The molecule has 1 aliphatic heterocycles. The molecule has 1 unspecified atom stereocenters. The van der Waals surface area contributed by atoms with Crippen molar-refractivity contribution in [3.63, 3.8) is 0 Å². The molecule has 0 saturated carbocycles. The van der Waals surface area contributed by atoms with Crippen LogP contribution < -0.4 is 10.7 Å². The normalized spacial score (nSPS) is 16.6. The molecular weight excluding hydrogens is 408 g/mol. The minimum absolute atomic E-state index is 0.121. The largest absolute Gasteiger partial charge is 0.340 e. The highest BCUT2D eigenvalue weighted by Gasteiger charge is 2.24. The second-order valence-electron chi connectivity index (χ2n) is 5.55. The molecule has 3 heterocycles. The van der Waals surface area contributed by atoms with Crippen molar-refractivity contribution in [1.29, 1.82) is 0 Å². The lowest BCUT2D eigenvalue weighted by atomic mass is 10.2. The summed E-state index contributed by atoms with van der Waals surface area (Å²) in [6.07, 6.45) is 1.95. The van der Waals surface area contributed by atoms with Crippen LogP contribution in [0.15, 0.2) is 46.1 Å².